The molecule has 0 radical (unpaired) electrons. The number of hydrogen-bond acceptors (Lipinski definition) is 7. The Morgan fingerprint density at radius 3 is 2.62 bits per heavy atom. The van der Waals surface area contributed by atoms with Gasteiger partial charge in [-0.25, -0.2) is 4.98 Å². The molecule has 3 aromatic rings. The van der Waals surface area contributed by atoms with E-state index in [4.69, 9.17) is 4.52 Å². The summed E-state index contributed by atoms with van der Waals surface area (Å²) in [4.78, 5) is 25.7. The van der Waals surface area contributed by atoms with Crippen LogP contribution in [0.15, 0.2) is 52.1 Å². The van der Waals surface area contributed by atoms with Gasteiger partial charge in [0, 0.05) is 45.0 Å². The van der Waals surface area contributed by atoms with E-state index >= 15 is 0 Å². The van der Waals surface area contributed by atoms with E-state index in [9.17, 15) is 4.79 Å². The number of nitrogens with zero attached hydrogens (tertiary/aromatic N) is 5. The molecule has 1 aromatic carbocycles. The lowest BCUT2D eigenvalue weighted by Gasteiger charge is -2.36. The highest BCUT2D eigenvalue weighted by atomic mass is 32.2. The number of amides is 1. The van der Waals surface area contributed by atoms with E-state index in [1.54, 1.807) is 13.1 Å². The number of aryl methyl sites for hydroxylation is 2. The van der Waals surface area contributed by atoms with Crippen molar-refractivity contribution in [2.45, 2.75) is 18.9 Å². The third-order valence-electron chi connectivity index (χ3n) is 4.96. The van der Waals surface area contributed by atoms with Gasteiger partial charge in [-0.15, -0.1) is 0 Å². The van der Waals surface area contributed by atoms with Gasteiger partial charge in [0.05, 0.1) is 11.3 Å². The van der Waals surface area contributed by atoms with E-state index in [0.29, 0.717) is 17.5 Å². The molecular weight excluding hydrogens is 386 g/mol. The largest absolute Gasteiger partial charge is 0.368 e. The van der Waals surface area contributed by atoms with Crippen LogP contribution in [0.5, 0.6) is 0 Å². The van der Waals surface area contributed by atoms with Crippen molar-refractivity contribution in [2.24, 2.45) is 0 Å². The first-order valence-corrected chi connectivity index (χ1v) is 10.6. The number of carbonyl (C=O) groups is 1. The minimum Gasteiger partial charge on any atom is -0.368 e. The molecule has 1 amide bonds. The Morgan fingerprint density at radius 1 is 1.10 bits per heavy atom. The Bertz CT molecular complexity index is 998. The van der Waals surface area contributed by atoms with E-state index in [1.807, 2.05) is 17.0 Å². The first-order valence-electron chi connectivity index (χ1n) is 9.58. The first kappa shape index (κ1) is 19.4. The predicted molar refractivity (Wildman–Crippen MR) is 113 cm³/mol. The van der Waals surface area contributed by atoms with Crippen LogP contribution in [0, 0.1) is 13.8 Å². The molecule has 1 aliphatic heterocycles. The number of aromatic nitrogens is 3. The van der Waals surface area contributed by atoms with Crippen LogP contribution >= 0.6 is 11.8 Å². The van der Waals surface area contributed by atoms with Gasteiger partial charge in [-0.3, -0.25) is 4.79 Å². The van der Waals surface area contributed by atoms with Crippen molar-refractivity contribution in [3.8, 4) is 11.4 Å². The summed E-state index contributed by atoms with van der Waals surface area (Å²) in [5.41, 5.74) is 3.30. The summed E-state index contributed by atoms with van der Waals surface area (Å²) in [7, 11) is 0. The lowest BCUT2D eigenvalue weighted by molar-refractivity contribution is -0.128. The van der Waals surface area contributed by atoms with Crippen LogP contribution in [0.4, 0.5) is 5.69 Å². The Balaban J connectivity index is 1.35. The summed E-state index contributed by atoms with van der Waals surface area (Å²) in [6, 6.07) is 12.1. The molecule has 1 fully saturated rings. The van der Waals surface area contributed by atoms with Crippen molar-refractivity contribution >= 4 is 23.4 Å². The fraction of sp³-hybridized carbons (Fsp3) is 0.333. The van der Waals surface area contributed by atoms with Gasteiger partial charge < -0.3 is 14.3 Å². The van der Waals surface area contributed by atoms with E-state index in [2.05, 4.69) is 51.2 Å². The lowest BCUT2D eigenvalue weighted by Crippen LogP contribution is -2.49. The highest BCUT2D eigenvalue weighted by molar-refractivity contribution is 8.00. The zero-order chi connectivity index (χ0) is 20.2. The van der Waals surface area contributed by atoms with Gasteiger partial charge in [0.15, 0.2) is 0 Å². The Kier molecular flexibility index (Phi) is 5.80. The molecule has 0 spiro atoms. The number of benzene rings is 1. The number of pyridine rings is 1. The summed E-state index contributed by atoms with van der Waals surface area (Å²) in [6.45, 7) is 7.02. The topological polar surface area (TPSA) is 75.4 Å². The molecule has 4 rings (SSSR count). The highest BCUT2D eigenvalue weighted by Gasteiger charge is 2.23. The monoisotopic (exact) mass is 409 g/mol. The van der Waals surface area contributed by atoms with Crippen molar-refractivity contribution in [1.29, 1.82) is 0 Å². The normalized spacial score (nSPS) is 14.3. The smallest absolute Gasteiger partial charge is 0.233 e. The van der Waals surface area contributed by atoms with Crippen LogP contribution in [-0.2, 0) is 4.79 Å². The third kappa shape index (κ3) is 4.42. The quantitative estimate of drug-likeness (QED) is 0.599. The number of para-hydroxylation sites is 1. The van der Waals surface area contributed by atoms with Crippen LogP contribution in [0.1, 0.15) is 11.5 Å². The van der Waals surface area contributed by atoms with Crippen LogP contribution in [-0.4, -0.2) is 57.9 Å². The molecule has 3 heterocycles. The third-order valence-corrected chi connectivity index (χ3v) is 5.95. The predicted octanol–water partition coefficient (Wildman–Crippen LogP) is 3.19. The fourth-order valence-corrected chi connectivity index (χ4v) is 4.31. The maximum absolute atomic E-state index is 12.7. The molecule has 150 valence electrons. The van der Waals surface area contributed by atoms with Gasteiger partial charge in [-0.2, -0.15) is 4.98 Å². The number of hydrogen-bond donors (Lipinski definition) is 0. The molecule has 0 atom stereocenters. The van der Waals surface area contributed by atoms with Crippen molar-refractivity contribution in [1.82, 2.24) is 20.0 Å². The van der Waals surface area contributed by atoms with Crippen molar-refractivity contribution in [3.63, 3.8) is 0 Å². The summed E-state index contributed by atoms with van der Waals surface area (Å²) in [5, 5.41) is 4.70. The highest BCUT2D eigenvalue weighted by Crippen LogP contribution is 2.28. The number of carbonyl (C=O) groups excluding carboxylic acids is 1. The summed E-state index contributed by atoms with van der Waals surface area (Å²) in [6.07, 6.45) is 1.71. The Morgan fingerprint density at radius 2 is 1.90 bits per heavy atom. The SMILES string of the molecule is Cc1nc(-c2cccnc2SCC(=O)N2CCN(c3ccccc3C)CC2)no1. The van der Waals surface area contributed by atoms with Gasteiger partial charge in [0.25, 0.3) is 0 Å². The zero-order valence-corrected chi connectivity index (χ0v) is 17.4. The molecule has 1 aliphatic rings. The minimum atomic E-state index is 0.125. The van der Waals surface area contributed by atoms with Gasteiger partial charge in [0.2, 0.25) is 17.6 Å². The van der Waals surface area contributed by atoms with Crippen molar-refractivity contribution < 1.29 is 9.32 Å². The van der Waals surface area contributed by atoms with Crippen LogP contribution < -0.4 is 4.90 Å². The maximum atomic E-state index is 12.7. The van der Waals surface area contributed by atoms with Gasteiger partial charge in [-0.05, 0) is 30.7 Å². The molecule has 1 saturated heterocycles. The molecule has 0 bridgehead atoms. The molecule has 2 aromatic heterocycles. The molecule has 0 N–H and O–H groups in total. The van der Waals surface area contributed by atoms with Gasteiger partial charge in [0.1, 0.15) is 5.03 Å². The Labute approximate surface area is 174 Å². The van der Waals surface area contributed by atoms with Crippen LogP contribution in [0.25, 0.3) is 11.4 Å². The zero-order valence-electron chi connectivity index (χ0n) is 16.5. The molecular formula is C21H23N5O2S. The minimum absolute atomic E-state index is 0.125. The number of anilines is 1. The van der Waals surface area contributed by atoms with Crippen LogP contribution in [0.3, 0.4) is 0 Å². The molecule has 0 aliphatic carbocycles. The second-order valence-corrected chi connectivity index (χ2v) is 7.90. The average Bonchev–Trinajstić information content (AvgIpc) is 3.19. The molecule has 7 nitrogen and oxygen atoms in total. The standard InChI is InChI=1S/C21H23N5O2S/c1-15-6-3-4-8-18(15)25-10-12-26(13-11-25)19(27)14-29-21-17(7-5-9-22-21)20-23-16(2)28-24-20/h3-9H,10-14H2,1-2H3. The van der Waals surface area contributed by atoms with E-state index < -0.39 is 0 Å². The summed E-state index contributed by atoms with van der Waals surface area (Å²) in [5.74, 6) is 1.46. The molecule has 0 unspecified atom stereocenters. The first-order chi connectivity index (χ1) is 14.1. The molecule has 8 heteroatoms. The van der Waals surface area contributed by atoms with E-state index in [1.165, 1.54) is 23.0 Å². The lowest BCUT2D eigenvalue weighted by atomic mass is 10.1. The number of thioether (sulfide) groups is 1. The average molecular weight is 410 g/mol. The number of rotatable bonds is 5. The van der Waals surface area contributed by atoms with Crippen LogP contribution in [0.2, 0.25) is 0 Å². The number of piperazine rings is 1. The van der Waals surface area contributed by atoms with Gasteiger partial charge >= 0.3 is 0 Å². The maximum Gasteiger partial charge on any atom is 0.233 e. The van der Waals surface area contributed by atoms with E-state index in [0.717, 1.165) is 36.8 Å². The second kappa shape index (κ2) is 8.65. The van der Waals surface area contributed by atoms with Crippen molar-refractivity contribution in [2.75, 3.05) is 36.8 Å². The fourth-order valence-electron chi connectivity index (χ4n) is 3.42. The second-order valence-electron chi connectivity index (χ2n) is 6.94. The summed E-state index contributed by atoms with van der Waals surface area (Å²) >= 11 is 1.41. The van der Waals surface area contributed by atoms with Crippen molar-refractivity contribution in [3.05, 3.63) is 54.0 Å². The molecule has 29 heavy (non-hydrogen) atoms. The van der Waals surface area contributed by atoms with E-state index in [-0.39, 0.29) is 5.91 Å². The Hall–Kier alpha value is -2.87. The molecule has 0 saturated carbocycles. The summed E-state index contributed by atoms with van der Waals surface area (Å²) < 4.78 is 5.07. The van der Waals surface area contributed by atoms with Gasteiger partial charge in [-0.1, -0.05) is 35.1 Å².